The lowest BCUT2D eigenvalue weighted by Crippen LogP contribution is -2.46. The van der Waals surface area contributed by atoms with Gasteiger partial charge in [-0.25, -0.2) is 0 Å². The van der Waals surface area contributed by atoms with E-state index in [1.807, 2.05) is 26.0 Å². The number of carbonyl (C=O) groups excluding carboxylic acids is 1. The SMILES string of the molecule is CCC(C)(C(=O)NCc1ccc(C)s1)C(N)=S. The Morgan fingerprint density at radius 1 is 1.59 bits per heavy atom. The van der Waals surface area contributed by atoms with Crippen LogP contribution < -0.4 is 11.1 Å². The first-order chi connectivity index (χ1) is 7.90. The molecular weight excluding hydrogens is 252 g/mol. The first-order valence-electron chi connectivity index (χ1n) is 5.53. The fourth-order valence-electron chi connectivity index (χ4n) is 1.39. The van der Waals surface area contributed by atoms with Crippen LogP contribution in [0.15, 0.2) is 12.1 Å². The van der Waals surface area contributed by atoms with Crippen LogP contribution in [0.25, 0.3) is 0 Å². The predicted molar refractivity (Wildman–Crippen MR) is 76.1 cm³/mol. The molecule has 1 unspecified atom stereocenters. The third kappa shape index (κ3) is 3.26. The molecular formula is C12H18N2OS2. The Labute approximate surface area is 111 Å². The fraction of sp³-hybridized carbons (Fsp3) is 0.500. The van der Waals surface area contributed by atoms with Gasteiger partial charge in [0.1, 0.15) is 0 Å². The summed E-state index contributed by atoms with van der Waals surface area (Å²) in [7, 11) is 0. The van der Waals surface area contributed by atoms with Crippen molar-refractivity contribution in [3.63, 3.8) is 0 Å². The molecule has 0 fully saturated rings. The van der Waals surface area contributed by atoms with Crippen LogP contribution in [0, 0.1) is 12.3 Å². The van der Waals surface area contributed by atoms with E-state index in [0.29, 0.717) is 13.0 Å². The van der Waals surface area contributed by atoms with E-state index in [2.05, 4.69) is 5.32 Å². The van der Waals surface area contributed by atoms with Crippen molar-refractivity contribution < 1.29 is 4.79 Å². The molecule has 1 heterocycles. The minimum Gasteiger partial charge on any atom is -0.392 e. The molecule has 0 aliphatic rings. The van der Waals surface area contributed by atoms with Gasteiger partial charge in [0.25, 0.3) is 0 Å². The van der Waals surface area contributed by atoms with Gasteiger partial charge in [-0.15, -0.1) is 11.3 Å². The Hall–Kier alpha value is -0.940. The molecule has 17 heavy (non-hydrogen) atoms. The van der Waals surface area contributed by atoms with Gasteiger partial charge in [0.05, 0.1) is 16.9 Å². The fourth-order valence-corrected chi connectivity index (χ4v) is 2.46. The maximum atomic E-state index is 12.0. The lowest BCUT2D eigenvalue weighted by Gasteiger charge is -2.25. The third-order valence-corrected chi connectivity index (χ3v) is 4.42. The quantitative estimate of drug-likeness (QED) is 0.808. The number of hydrogen-bond donors (Lipinski definition) is 2. The van der Waals surface area contributed by atoms with Crippen molar-refractivity contribution >= 4 is 34.5 Å². The molecule has 3 nitrogen and oxygen atoms in total. The molecule has 0 aromatic carbocycles. The number of nitrogens with two attached hydrogens (primary N) is 1. The van der Waals surface area contributed by atoms with Crippen molar-refractivity contribution in [3.05, 3.63) is 21.9 Å². The van der Waals surface area contributed by atoms with Crippen molar-refractivity contribution in [1.29, 1.82) is 0 Å². The minimum atomic E-state index is -0.748. The zero-order chi connectivity index (χ0) is 13.1. The molecule has 0 bridgehead atoms. The van der Waals surface area contributed by atoms with Crippen LogP contribution >= 0.6 is 23.6 Å². The van der Waals surface area contributed by atoms with Crippen LogP contribution in [0.4, 0.5) is 0 Å². The number of rotatable bonds is 5. The summed E-state index contributed by atoms with van der Waals surface area (Å²) in [5.74, 6) is -0.0986. The number of thiocarbonyl (C=S) groups is 1. The van der Waals surface area contributed by atoms with Crippen LogP contribution in [0.5, 0.6) is 0 Å². The average Bonchev–Trinajstić information content (AvgIpc) is 2.70. The van der Waals surface area contributed by atoms with E-state index in [0.717, 1.165) is 4.88 Å². The van der Waals surface area contributed by atoms with E-state index in [1.165, 1.54) is 4.88 Å². The number of carbonyl (C=O) groups is 1. The van der Waals surface area contributed by atoms with Gasteiger partial charge in [-0.3, -0.25) is 4.79 Å². The molecule has 0 saturated carbocycles. The maximum Gasteiger partial charge on any atom is 0.233 e. The summed E-state index contributed by atoms with van der Waals surface area (Å²) >= 11 is 6.64. The highest BCUT2D eigenvalue weighted by Gasteiger charge is 2.34. The first kappa shape index (κ1) is 14.1. The van der Waals surface area contributed by atoms with Gasteiger partial charge in [-0.1, -0.05) is 19.1 Å². The van der Waals surface area contributed by atoms with E-state index < -0.39 is 5.41 Å². The highest BCUT2D eigenvalue weighted by molar-refractivity contribution is 7.80. The van der Waals surface area contributed by atoms with Crippen molar-refractivity contribution in [2.24, 2.45) is 11.1 Å². The van der Waals surface area contributed by atoms with Crippen LogP contribution in [0.3, 0.4) is 0 Å². The molecule has 0 aliphatic heterocycles. The van der Waals surface area contributed by atoms with Gasteiger partial charge < -0.3 is 11.1 Å². The number of amides is 1. The zero-order valence-electron chi connectivity index (χ0n) is 10.4. The first-order valence-corrected chi connectivity index (χ1v) is 6.76. The Balaban J connectivity index is 2.63. The maximum absolute atomic E-state index is 12.0. The highest BCUT2D eigenvalue weighted by Crippen LogP contribution is 2.22. The molecule has 94 valence electrons. The number of nitrogens with one attached hydrogen (secondary N) is 1. The van der Waals surface area contributed by atoms with Gasteiger partial charge in [0.2, 0.25) is 5.91 Å². The second kappa shape index (κ2) is 5.60. The van der Waals surface area contributed by atoms with Crippen LogP contribution in [-0.4, -0.2) is 10.9 Å². The summed E-state index contributed by atoms with van der Waals surface area (Å²) in [4.78, 5) is 14.7. The molecule has 3 N–H and O–H groups in total. The van der Waals surface area contributed by atoms with Crippen LogP contribution in [0.2, 0.25) is 0 Å². The van der Waals surface area contributed by atoms with E-state index >= 15 is 0 Å². The summed E-state index contributed by atoms with van der Waals surface area (Å²) in [5.41, 5.74) is 4.88. The largest absolute Gasteiger partial charge is 0.392 e. The van der Waals surface area contributed by atoms with Crippen LogP contribution in [-0.2, 0) is 11.3 Å². The number of aryl methyl sites for hydroxylation is 1. The highest BCUT2D eigenvalue weighted by atomic mass is 32.1. The Bertz CT molecular complexity index is 428. The Morgan fingerprint density at radius 2 is 2.24 bits per heavy atom. The standard InChI is InChI=1S/C12H18N2OS2/c1-4-12(3,10(13)16)11(15)14-7-9-6-5-8(2)17-9/h5-6H,4,7H2,1-3H3,(H2,13,16)(H,14,15). The van der Waals surface area contributed by atoms with E-state index in [4.69, 9.17) is 18.0 Å². The monoisotopic (exact) mass is 270 g/mol. The summed E-state index contributed by atoms with van der Waals surface area (Å²) in [5, 5.41) is 2.89. The van der Waals surface area contributed by atoms with Gasteiger partial charge >= 0.3 is 0 Å². The van der Waals surface area contributed by atoms with Gasteiger partial charge in [0, 0.05) is 9.75 Å². The molecule has 0 radical (unpaired) electrons. The van der Waals surface area contributed by atoms with Crippen LogP contribution in [0.1, 0.15) is 30.0 Å². The van der Waals surface area contributed by atoms with E-state index in [9.17, 15) is 4.79 Å². The zero-order valence-corrected chi connectivity index (χ0v) is 12.0. The molecule has 0 aliphatic carbocycles. The van der Waals surface area contributed by atoms with Crippen molar-refractivity contribution in [3.8, 4) is 0 Å². The summed E-state index contributed by atoms with van der Waals surface area (Å²) < 4.78 is 0. The summed E-state index contributed by atoms with van der Waals surface area (Å²) in [6.45, 7) is 6.27. The molecule has 1 aromatic heterocycles. The van der Waals surface area contributed by atoms with Crippen molar-refractivity contribution in [1.82, 2.24) is 5.32 Å². The molecule has 0 spiro atoms. The lowest BCUT2D eigenvalue weighted by atomic mass is 9.86. The number of thiophene rings is 1. The predicted octanol–water partition coefficient (Wildman–Crippen LogP) is 2.38. The molecule has 1 atom stereocenters. The van der Waals surface area contributed by atoms with Crippen molar-refractivity contribution in [2.45, 2.75) is 33.7 Å². The summed E-state index contributed by atoms with van der Waals surface area (Å²) in [6, 6.07) is 4.06. The Kier molecular flexibility index (Phi) is 4.65. The van der Waals surface area contributed by atoms with Gasteiger partial charge in [-0.05, 0) is 32.4 Å². The topological polar surface area (TPSA) is 55.1 Å². The van der Waals surface area contributed by atoms with Gasteiger partial charge in [-0.2, -0.15) is 0 Å². The second-order valence-corrected chi connectivity index (χ2v) is 6.06. The lowest BCUT2D eigenvalue weighted by molar-refractivity contribution is -0.127. The molecule has 5 heteroatoms. The van der Waals surface area contributed by atoms with E-state index in [1.54, 1.807) is 18.3 Å². The van der Waals surface area contributed by atoms with Crippen molar-refractivity contribution in [2.75, 3.05) is 0 Å². The average molecular weight is 270 g/mol. The number of hydrogen-bond acceptors (Lipinski definition) is 3. The molecule has 1 rings (SSSR count). The van der Waals surface area contributed by atoms with Gasteiger partial charge in [0.15, 0.2) is 0 Å². The second-order valence-electron chi connectivity index (χ2n) is 4.24. The summed E-state index contributed by atoms with van der Waals surface area (Å²) in [6.07, 6.45) is 0.609. The normalized spacial score (nSPS) is 14.1. The third-order valence-electron chi connectivity index (χ3n) is 2.97. The molecule has 0 saturated heterocycles. The molecule has 1 amide bonds. The molecule has 1 aromatic rings. The smallest absolute Gasteiger partial charge is 0.233 e. The van der Waals surface area contributed by atoms with E-state index in [-0.39, 0.29) is 10.9 Å². The Morgan fingerprint density at radius 3 is 2.65 bits per heavy atom. The minimum absolute atomic E-state index is 0.0986.